The predicted octanol–water partition coefficient (Wildman–Crippen LogP) is 3.19. The van der Waals surface area contributed by atoms with E-state index >= 15 is 0 Å². The van der Waals surface area contributed by atoms with Gasteiger partial charge in [0.05, 0.1) is 5.56 Å². The number of nitrogens with one attached hydrogen (secondary N) is 1. The lowest BCUT2D eigenvalue weighted by atomic mass is 9.45. The molecule has 0 aromatic carbocycles. The summed E-state index contributed by atoms with van der Waals surface area (Å²) >= 11 is 0. The minimum atomic E-state index is 0.0109. The topological polar surface area (TPSA) is 42.0 Å². The number of amides is 1. The molecule has 1 aromatic rings. The van der Waals surface area contributed by atoms with Crippen molar-refractivity contribution < 1.29 is 4.79 Å². The van der Waals surface area contributed by atoms with Crippen LogP contribution < -0.4 is 5.32 Å². The number of hydrogen-bond donors (Lipinski definition) is 1. The molecule has 3 atom stereocenters. The van der Waals surface area contributed by atoms with E-state index in [0.717, 1.165) is 24.1 Å². The zero-order valence-electron chi connectivity index (χ0n) is 12.6. The van der Waals surface area contributed by atoms with Crippen LogP contribution in [-0.4, -0.2) is 17.4 Å². The Kier molecular flexibility index (Phi) is 3.31. The van der Waals surface area contributed by atoms with Crippen molar-refractivity contribution in [2.24, 2.45) is 23.2 Å². The van der Waals surface area contributed by atoms with Crippen molar-refractivity contribution in [3.8, 4) is 0 Å². The van der Waals surface area contributed by atoms with Crippen molar-refractivity contribution >= 4 is 5.91 Å². The molecular weight excluding hydrogens is 248 g/mol. The van der Waals surface area contributed by atoms with Crippen LogP contribution in [0.2, 0.25) is 0 Å². The number of aryl methyl sites for hydroxylation is 1. The van der Waals surface area contributed by atoms with E-state index in [4.69, 9.17) is 0 Å². The molecule has 0 saturated heterocycles. The molecule has 3 saturated carbocycles. The SMILES string of the molecule is Cc1ccc(C(=O)NC[C@@H]2CC[C@H]3CC2C3(C)C)cn1. The van der Waals surface area contributed by atoms with Gasteiger partial charge in [0, 0.05) is 18.4 Å². The van der Waals surface area contributed by atoms with Crippen LogP contribution in [0.3, 0.4) is 0 Å². The zero-order valence-corrected chi connectivity index (χ0v) is 12.6. The largest absolute Gasteiger partial charge is 0.352 e. The molecule has 0 aliphatic heterocycles. The molecule has 3 fully saturated rings. The molecule has 1 amide bonds. The molecule has 2 bridgehead atoms. The normalized spacial score (nSPS) is 30.4. The quantitative estimate of drug-likeness (QED) is 0.918. The Balaban J connectivity index is 1.57. The Hall–Kier alpha value is -1.38. The van der Waals surface area contributed by atoms with Gasteiger partial charge in [-0.15, -0.1) is 0 Å². The van der Waals surface area contributed by atoms with Crippen molar-refractivity contribution in [1.82, 2.24) is 10.3 Å². The maximum atomic E-state index is 12.1. The van der Waals surface area contributed by atoms with Gasteiger partial charge < -0.3 is 5.32 Å². The second-order valence-electron chi connectivity index (χ2n) is 7.10. The summed E-state index contributed by atoms with van der Waals surface area (Å²) in [6.45, 7) is 7.53. The summed E-state index contributed by atoms with van der Waals surface area (Å²) in [4.78, 5) is 16.3. The van der Waals surface area contributed by atoms with E-state index in [-0.39, 0.29) is 5.91 Å². The lowest BCUT2D eigenvalue weighted by Crippen LogP contribution is -2.54. The summed E-state index contributed by atoms with van der Waals surface area (Å²) in [6, 6.07) is 3.73. The number of fused-ring (bicyclic) bond motifs is 2. The van der Waals surface area contributed by atoms with Gasteiger partial charge in [-0.2, -0.15) is 0 Å². The molecule has 3 aliphatic rings. The second kappa shape index (κ2) is 4.87. The number of aromatic nitrogens is 1. The monoisotopic (exact) mass is 272 g/mol. The summed E-state index contributed by atoms with van der Waals surface area (Å²) in [5, 5.41) is 3.10. The minimum Gasteiger partial charge on any atom is -0.352 e. The number of rotatable bonds is 3. The summed E-state index contributed by atoms with van der Waals surface area (Å²) in [5.41, 5.74) is 2.09. The van der Waals surface area contributed by atoms with Crippen molar-refractivity contribution in [3.63, 3.8) is 0 Å². The molecule has 0 spiro atoms. The van der Waals surface area contributed by atoms with E-state index in [9.17, 15) is 4.79 Å². The molecule has 3 aliphatic carbocycles. The average Bonchev–Trinajstić information content (AvgIpc) is 2.45. The highest BCUT2D eigenvalue weighted by Gasteiger charge is 2.53. The Bertz CT molecular complexity index is 504. The van der Waals surface area contributed by atoms with Crippen LogP contribution in [0.4, 0.5) is 0 Å². The number of carbonyl (C=O) groups is 1. The molecule has 1 aromatic heterocycles. The zero-order chi connectivity index (χ0) is 14.3. The van der Waals surface area contributed by atoms with Gasteiger partial charge in [-0.25, -0.2) is 0 Å². The summed E-state index contributed by atoms with van der Waals surface area (Å²) in [7, 11) is 0. The lowest BCUT2D eigenvalue weighted by molar-refractivity contribution is -0.103. The Labute approximate surface area is 121 Å². The van der Waals surface area contributed by atoms with Gasteiger partial charge >= 0.3 is 0 Å². The summed E-state index contributed by atoms with van der Waals surface area (Å²) in [6.07, 6.45) is 5.62. The molecule has 3 heteroatoms. The van der Waals surface area contributed by atoms with E-state index < -0.39 is 0 Å². The smallest absolute Gasteiger partial charge is 0.252 e. The van der Waals surface area contributed by atoms with Gasteiger partial charge in [-0.1, -0.05) is 13.8 Å². The molecule has 4 rings (SSSR count). The second-order valence-corrected chi connectivity index (χ2v) is 7.10. The van der Waals surface area contributed by atoms with Crippen molar-refractivity contribution in [2.45, 2.75) is 40.0 Å². The molecule has 0 radical (unpaired) electrons. The molecule has 108 valence electrons. The van der Waals surface area contributed by atoms with Gasteiger partial charge in [0.1, 0.15) is 0 Å². The van der Waals surface area contributed by atoms with Gasteiger partial charge in [0.15, 0.2) is 0 Å². The van der Waals surface area contributed by atoms with Crippen LogP contribution in [0.1, 0.15) is 49.2 Å². The fourth-order valence-corrected chi connectivity index (χ4v) is 4.13. The first-order chi connectivity index (χ1) is 9.48. The van der Waals surface area contributed by atoms with Gasteiger partial charge in [0.2, 0.25) is 0 Å². The van der Waals surface area contributed by atoms with Gasteiger partial charge in [-0.05, 0) is 61.5 Å². The molecule has 20 heavy (non-hydrogen) atoms. The van der Waals surface area contributed by atoms with Crippen LogP contribution in [0.5, 0.6) is 0 Å². The highest BCUT2D eigenvalue weighted by molar-refractivity contribution is 5.93. The van der Waals surface area contributed by atoms with Crippen LogP contribution in [0, 0.1) is 30.1 Å². The fourth-order valence-electron chi connectivity index (χ4n) is 4.13. The van der Waals surface area contributed by atoms with Crippen molar-refractivity contribution in [3.05, 3.63) is 29.6 Å². The standard InChI is InChI=1S/C17H24N2O/c1-11-4-5-13(10-18-11)16(20)19-9-12-6-7-14-8-15(12)17(14,2)3/h4-5,10,12,14-15H,6-9H2,1-3H3,(H,19,20)/t12-,14-,15?/m0/s1. The summed E-state index contributed by atoms with van der Waals surface area (Å²) < 4.78 is 0. The highest BCUT2D eigenvalue weighted by atomic mass is 16.1. The maximum Gasteiger partial charge on any atom is 0.252 e. The molecule has 1 unspecified atom stereocenters. The number of carbonyl (C=O) groups excluding carboxylic acids is 1. The van der Waals surface area contributed by atoms with Crippen molar-refractivity contribution in [2.75, 3.05) is 6.54 Å². The predicted molar refractivity (Wildman–Crippen MR) is 79.4 cm³/mol. The number of hydrogen-bond acceptors (Lipinski definition) is 2. The highest BCUT2D eigenvalue weighted by Crippen LogP contribution is 2.61. The lowest BCUT2D eigenvalue weighted by Gasteiger charge is -2.60. The first-order valence-electron chi connectivity index (χ1n) is 7.69. The van der Waals surface area contributed by atoms with E-state index in [2.05, 4.69) is 24.1 Å². The molecule has 3 nitrogen and oxygen atoms in total. The van der Waals surface area contributed by atoms with Gasteiger partial charge in [-0.3, -0.25) is 9.78 Å². The van der Waals surface area contributed by atoms with Crippen LogP contribution in [0.25, 0.3) is 0 Å². The molecular formula is C17H24N2O. The Morgan fingerprint density at radius 1 is 1.40 bits per heavy atom. The van der Waals surface area contributed by atoms with E-state index in [1.165, 1.54) is 19.3 Å². The number of nitrogens with zero attached hydrogens (tertiary/aromatic N) is 1. The number of pyridine rings is 1. The third-order valence-electron chi connectivity index (χ3n) is 5.70. The van der Waals surface area contributed by atoms with Crippen LogP contribution in [0.15, 0.2) is 18.3 Å². The van der Waals surface area contributed by atoms with Crippen molar-refractivity contribution in [1.29, 1.82) is 0 Å². The summed E-state index contributed by atoms with van der Waals surface area (Å²) in [5.74, 6) is 2.37. The third kappa shape index (κ3) is 2.23. The Morgan fingerprint density at radius 3 is 2.80 bits per heavy atom. The first-order valence-corrected chi connectivity index (χ1v) is 7.69. The minimum absolute atomic E-state index is 0.0109. The maximum absolute atomic E-state index is 12.1. The average molecular weight is 272 g/mol. The third-order valence-corrected chi connectivity index (χ3v) is 5.70. The molecule has 1 N–H and O–H groups in total. The van der Waals surface area contributed by atoms with E-state index in [0.29, 0.717) is 16.9 Å². The van der Waals surface area contributed by atoms with Crippen LogP contribution in [-0.2, 0) is 0 Å². The van der Waals surface area contributed by atoms with Crippen LogP contribution >= 0.6 is 0 Å². The Morgan fingerprint density at radius 2 is 2.20 bits per heavy atom. The van der Waals surface area contributed by atoms with E-state index in [1.807, 2.05) is 19.1 Å². The van der Waals surface area contributed by atoms with Gasteiger partial charge in [0.25, 0.3) is 5.91 Å². The molecule has 1 heterocycles. The van der Waals surface area contributed by atoms with E-state index in [1.54, 1.807) is 6.20 Å². The first kappa shape index (κ1) is 13.6. The fraction of sp³-hybridized carbons (Fsp3) is 0.647.